The molecule has 1 N–H and O–H groups in total. The molecule has 20 heavy (non-hydrogen) atoms. The highest BCUT2D eigenvalue weighted by atomic mass is 35.5. The van der Waals surface area contributed by atoms with Crippen molar-refractivity contribution < 1.29 is 5.11 Å². The highest BCUT2D eigenvalue weighted by Gasteiger charge is 2.20. The Morgan fingerprint density at radius 2 is 1.70 bits per heavy atom. The number of aliphatic hydroxyl groups is 1. The largest absolute Gasteiger partial charge is 0.384 e. The predicted octanol–water partition coefficient (Wildman–Crippen LogP) is 5.34. The quantitative estimate of drug-likeness (QED) is 0.811. The van der Waals surface area contributed by atoms with Gasteiger partial charge in [-0.05, 0) is 48.1 Å². The van der Waals surface area contributed by atoms with Crippen molar-refractivity contribution in [1.82, 2.24) is 0 Å². The van der Waals surface area contributed by atoms with Crippen molar-refractivity contribution in [2.45, 2.75) is 31.3 Å². The van der Waals surface area contributed by atoms with E-state index in [0.29, 0.717) is 21.5 Å². The van der Waals surface area contributed by atoms with Crippen LogP contribution in [0.25, 0.3) is 0 Å². The molecular formula is C17H16Cl2O. The SMILES string of the molecule is OC(c1ccc(C2CCC2)cc1)c1cc(Cl)ccc1Cl. The molecule has 1 atom stereocenters. The third kappa shape index (κ3) is 2.71. The van der Waals surface area contributed by atoms with Crippen LogP contribution in [0.15, 0.2) is 42.5 Å². The maximum Gasteiger partial charge on any atom is 0.106 e. The Morgan fingerprint density at radius 3 is 2.30 bits per heavy atom. The van der Waals surface area contributed by atoms with Gasteiger partial charge in [0, 0.05) is 15.6 Å². The van der Waals surface area contributed by atoms with Crippen LogP contribution in [0, 0.1) is 0 Å². The van der Waals surface area contributed by atoms with Crippen LogP contribution in [0.4, 0.5) is 0 Å². The zero-order valence-electron chi connectivity index (χ0n) is 11.0. The van der Waals surface area contributed by atoms with Gasteiger partial charge in [-0.3, -0.25) is 0 Å². The van der Waals surface area contributed by atoms with E-state index in [-0.39, 0.29) is 0 Å². The van der Waals surface area contributed by atoms with E-state index in [0.717, 1.165) is 5.56 Å². The molecule has 0 amide bonds. The summed E-state index contributed by atoms with van der Waals surface area (Å²) in [6, 6.07) is 13.3. The second kappa shape index (κ2) is 5.77. The lowest BCUT2D eigenvalue weighted by molar-refractivity contribution is 0.220. The molecule has 104 valence electrons. The van der Waals surface area contributed by atoms with Gasteiger partial charge in [0.25, 0.3) is 0 Å². The first-order chi connectivity index (χ1) is 9.65. The number of hydrogen-bond acceptors (Lipinski definition) is 1. The smallest absolute Gasteiger partial charge is 0.106 e. The summed E-state index contributed by atoms with van der Waals surface area (Å²) in [4.78, 5) is 0. The van der Waals surface area contributed by atoms with Crippen molar-refractivity contribution in [3.8, 4) is 0 Å². The molecule has 2 aromatic carbocycles. The van der Waals surface area contributed by atoms with E-state index in [2.05, 4.69) is 12.1 Å². The van der Waals surface area contributed by atoms with E-state index in [1.165, 1.54) is 24.8 Å². The molecule has 0 aliphatic heterocycles. The van der Waals surface area contributed by atoms with E-state index < -0.39 is 6.10 Å². The monoisotopic (exact) mass is 306 g/mol. The molecule has 0 spiro atoms. The predicted molar refractivity (Wildman–Crippen MR) is 83.6 cm³/mol. The number of halogens is 2. The summed E-state index contributed by atoms with van der Waals surface area (Å²) in [7, 11) is 0. The zero-order valence-corrected chi connectivity index (χ0v) is 12.5. The Kier molecular flexibility index (Phi) is 4.02. The molecule has 0 aromatic heterocycles. The summed E-state index contributed by atoms with van der Waals surface area (Å²) in [5.74, 6) is 0.705. The van der Waals surface area contributed by atoms with Crippen molar-refractivity contribution in [1.29, 1.82) is 0 Å². The van der Waals surface area contributed by atoms with Crippen LogP contribution < -0.4 is 0 Å². The van der Waals surface area contributed by atoms with Crippen molar-refractivity contribution in [2.24, 2.45) is 0 Å². The fraction of sp³-hybridized carbons (Fsp3) is 0.294. The average Bonchev–Trinajstić information content (AvgIpc) is 2.40. The zero-order chi connectivity index (χ0) is 14.1. The molecule has 0 saturated heterocycles. The van der Waals surface area contributed by atoms with Crippen LogP contribution >= 0.6 is 23.2 Å². The third-order valence-electron chi connectivity index (χ3n) is 4.08. The van der Waals surface area contributed by atoms with Crippen LogP contribution in [0.2, 0.25) is 10.0 Å². The molecule has 0 radical (unpaired) electrons. The minimum absolute atomic E-state index is 0.532. The Balaban J connectivity index is 1.85. The van der Waals surface area contributed by atoms with Gasteiger partial charge in [-0.1, -0.05) is 53.9 Å². The van der Waals surface area contributed by atoms with E-state index in [1.54, 1.807) is 18.2 Å². The van der Waals surface area contributed by atoms with Gasteiger partial charge in [0.15, 0.2) is 0 Å². The molecule has 1 saturated carbocycles. The lowest BCUT2D eigenvalue weighted by Crippen LogP contribution is -2.09. The maximum atomic E-state index is 10.5. The molecular weight excluding hydrogens is 291 g/mol. The van der Waals surface area contributed by atoms with Gasteiger partial charge in [0.05, 0.1) is 0 Å². The van der Waals surface area contributed by atoms with Gasteiger partial charge >= 0.3 is 0 Å². The standard InChI is InChI=1S/C17H16Cl2O/c18-14-8-9-16(19)15(10-14)17(20)13-6-4-12(5-7-13)11-2-1-3-11/h4-11,17,20H,1-3H2. The van der Waals surface area contributed by atoms with E-state index in [4.69, 9.17) is 23.2 Å². The number of benzene rings is 2. The topological polar surface area (TPSA) is 20.2 Å². The van der Waals surface area contributed by atoms with Gasteiger partial charge < -0.3 is 5.11 Å². The molecule has 1 fully saturated rings. The number of rotatable bonds is 3. The molecule has 2 aromatic rings. The van der Waals surface area contributed by atoms with Crippen LogP contribution in [0.3, 0.4) is 0 Å². The van der Waals surface area contributed by atoms with Crippen LogP contribution in [0.1, 0.15) is 48.0 Å². The van der Waals surface area contributed by atoms with Crippen LogP contribution in [-0.4, -0.2) is 5.11 Å². The Labute approximate surface area is 129 Å². The molecule has 1 aliphatic carbocycles. The van der Waals surface area contributed by atoms with Crippen molar-refractivity contribution in [3.05, 3.63) is 69.2 Å². The van der Waals surface area contributed by atoms with E-state index in [9.17, 15) is 5.11 Å². The molecule has 3 heteroatoms. The average molecular weight is 307 g/mol. The fourth-order valence-corrected chi connectivity index (χ4v) is 3.00. The van der Waals surface area contributed by atoms with Crippen LogP contribution in [0.5, 0.6) is 0 Å². The van der Waals surface area contributed by atoms with Gasteiger partial charge in [0.2, 0.25) is 0 Å². The molecule has 1 aliphatic rings. The summed E-state index contributed by atoms with van der Waals surface area (Å²) < 4.78 is 0. The second-order valence-electron chi connectivity index (χ2n) is 5.36. The third-order valence-corrected chi connectivity index (χ3v) is 4.66. The van der Waals surface area contributed by atoms with E-state index in [1.807, 2.05) is 12.1 Å². The number of aliphatic hydroxyl groups excluding tert-OH is 1. The highest BCUT2D eigenvalue weighted by molar-refractivity contribution is 6.33. The van der Waals surface area contributed by atoms with Crippen molar-refractivity contribution in [2.75, 3.05) is 0 Å². The van der Waals surface area contributed by atoms with Gasteiger partial charge in [-0.15, -0.1) is 0 Å². The lowest BCUT2D eigenvalue weighted by Gasteiger charge is -2.26. The summed E-state index contributed by atoms with van der Waals surface area (Å²) in [5.41, 5.74) is 2.86. The molecule has 1 nitrogen and oxygen atoms in total. The van der Waals surface area contributed by atoms with Crippen molar-refractivity contribution in [3.63, 3.8) is 0 Å². The maximum absolute atomic E-state index is 10.5. The first-order valence-corrected chi connectivity index (χ1v) is 7.63. The van der Waals surface area contributed by atoms with Crippen molar-refractivity contribution >= 4 is 23.2 Å². The summed E-state index contributed by atoms with van der Waals surface area (Å²) in [5, 5.41) is 11.6. The normalized spacial score (nSPS) is 16.8. The Hall–Kier alpha value is -1.02. The van der Waals surface area contributed by atoms with Gasteiger partial charge in [-0.2, -0.15) is 0 Å². The van der Waals surface area contributed by atoms with Gasteiger partial charge in [0.1, 0.15) is 6.10 Å². The highest BCUT2D eigenvalue weighted by Crippen LogP contribution is 2.37. The first kappa shape index (κ1) is 13.9. The fourth-order valence-electron chi connectivity index (χ4n) is 2.60. The Morgan fingerprint density at radius 1 is 1.00 bits per heavy atom. The summed E-state index contributed by atoms with van der Waals surface area (Å²) in [6.45, 7) is 0. The molecule has 3 rings (SSSR count). The Bertz CT molecular complexity index is 603. The van der Waals surface area contributed by atoms with Crippen LogP contribution in [-0.2, 0) is 0 Å². The van der Waals surface area contributed by atoms with E-state index >= 15 is 0 Å². The minimum atomic E-state index is -0.739. The number of hydrogen-bond donors (Lipinski definition) is 1. The first-order valence-electron chi connectivity index (χ1n) is 6.88. The second-order valence-corrected chi connectivity index (χ2v) is 6.21. The summed E-state index contributed by atoms with van der Waals surface area (Å²) in [6.07, 6.45) is 3.15. The summed E-state index contributed by atoms with van der Waals surface area (Å²) >= 11 is 12.1. The lowest BCUT2D eigenvalue weighted by atomic mass is 9.80. The molecule has 0 bridgehead atoms. The minimum Gasteiger partial charge on any atom is -0.384 e. The van der Waals surface area contributed by atoms with Gasteiger partial charge in [-0.25, -0.2) is 0 Å². The molecule has 1 unspecified atom stereocenters. The molecule has 0 heterocycles.